The number of para-hydroxylation sites is 1. The van der Waals surface area contributed by atoms with Crippen molar-refractivity contribution in [1.29, 1.82) is 0 Å². The van der Waals surface area contributed by atoms with Gasteiger partial charge in [0, 0.05) is 15.4 Å². The van der Waals surface area contributed by atoms with Crippen molar-refractivity contribution < 1.29 is 27.8 Å². The van der Waals surface area contributed by atoms with E-state index in [9.17, 15) is 23.1 Å². The van der Waals surface area contributed by atoms with E-state index in [0.717, 1.165) is 0 Å². The number of hydrogen-bond acceptors (Lipinski definition) is 3. The first-order valence-corrected chi connectivity index (χ1v) is 8.39. The van der Waals surface area contributed by atoms with Gasteiger partial charge in [-0.05, 0) is 42.5 Å². The third kappa shape index (κ3) is 4.65. The first-order chi connectivity index (χ1) is 12.7. The van der Waals surface area contributed by atoms with Gasteiger partial charge in [-0.2, -0.15) is 0 Å². The lowest BCUT2D eigenvalue weighted by atomic mass is 10.1. The summed E-state index contributed by atoms with van der Waals surface area (Å²) in [5, 5.41) is 9.90. The minimum Gasteiger partial charge on any atom is -0.478 e. The average Bonchev–Trinajstić information content (AvgIpc) is 2.59. The number of rotatable bonds is 4. The van der Waals surface area contributed by atoms with Crippen molar-refractivity contribution in [3.8, 4) is 5.75 Å². The molecule has 0 radical (unpaired) electrons. The number of carbonyl (C=O) groups is 1. The molecule has 1 aromatic heterocycles. The number of ether oxygens (including phenoxy) is 1. The molecular weight excluding hydrogens is 427 g/mol. The molecule has 4 nitrogen and oxygen atoms in total. The lowest BCUT2D eigenvalue weighted by molar-refractivity contribution is -0.274. The van der Waals surface area contributed by atoms with Crippen LogP contribution in [-0.2, 0) is 0 Å². The Morgan fingerprint density at radius 1 is 1.11 bits per heavy atom. The maximum absolute atomic E-state index is 12.5. The molecule has 0 saturated carbocycles. The summed E-state index contributed by atoms with van der Waals surface area (Å²) >= 11 is 3.29. The van der Waals surface area contributed by atoms with Crippen molar-refractivity contribution in [3.05, 3.63) is 69.8 Å². The van der Waals surface area contributed by atoms with Crippen molar-refractivity contribution in [2.24, 2.45) is 0 Å². The van der Waals surface area contributed by atoms with Gasteiger partial charge in [0.25, 0.3) is 0 Å². The predicted octanol–water partition coefficient (Wildman–Crippen LogP) is 5.76. The summed E-state index contributed by atoms with van der Waals surface area (Å²) in [5.74, 6) is -1.49. The summed E-state index contributed by atoms with van der Waals surface area (Å²) in [6.45, 7) is 0. The number of carboxylic acid groups (broad SMARTS) is 1. The monoisotopic (exact) mass is 437 g/mol. The highest BCUT2D eigenvalue weighted by atomic mass is 79.9. The fourth-order valence-corrected chi connectivity index (χ4v) is 2.85. The van der Waals surface area contributed by atoms with E-state index in [1.54, 1.807) is 24.3 Å². The van der Waals surface area contributed by atoms with Crippen LogP contribution in [0.2, 0.25) is 0 Å². The lowest BCUT2D eigenvalue weighted by Crippen LogP contribution is -2.17. The zero-order chi connectivity index (χ0) is 19.6. The van der Waals surface area contributed by atoms with E-state index < -0.39 is 12.3 Å². The van der Waals surface area contributed by atoms with Crippen molar-refractivity contribution in [1.82, 2.24) is 4.98 Å². The number of aromatic carboxylic acids is 1. The Bertz CT molecular complexity index is 1050. The Labute approximate surface area is 160 Å². The first kappa shape index (κ1) is 18.9. The van der Waals surface area contributed by atoms with Gasteiger partial charge in [0.1, 0.15) is 5.75 Å². The number of pyridine rings is 1. The minimum absolute atomic E-state index is 0.0424. The van der Waals surface area contributed by atoms with Gasteiger partial charge in [0.2, 0.25) is 0 Å². The molecule has 0 aliphatic heterocycles. The van der Waals surface area contributed by atoms with Crippen molar-refractivity contribution in [3.63, 3.8) is 0 Å². The van der Waals surface area contributed by atoms with Crippen LogP contribution < -0.4 is 4.74 Å². The van der Waals surface area contributed by atoms with E-state index in [4.69, 9.17) is 0 Å². The van der Waals surface area contributed by atoms with E-state index in [-0.39, 0.29) is 16.9 Å². The first-order valence-electron chi connectivity index (χ1n) is 7.59. The number of nitrogens with zero attached hydrogens (tertiary/aromatic N) is 1. The van der Waals surface area contributed by atoms with Crippen molar-refractivity contribution in [2.45, 2.75) is 6.36 Å². The minimum atomic E-state index is -4.81. The number of benzene rings is 2. The molecular formula is C19H11BrF3NO3. The summed E-state index contributed by atoms with van der Waals surface area (Å²) < 4.78 is 42.2. The molecule has 2 aromatic carbocycles. The zero-order valence-corrected chi connectivity index (χ0v) is 15.1. The van der Waals surface area contributed by atoms with Crippen LogP contribution in [0.15, 0.2) is 53.0 Å². The molecule has 0 aliphatic rings. The standard InChI is InChI=1S/C19H11BrF3NO3/c20-12-6-8-16-14(9-12)15(18(25)26)10-13(24-16)7-5-11-3-1-2-4-17(11)27-19(21,22)23/h1-10H,(H,25,26)/b7-5+. The highest BCUT2D eigenvalue weighted by Gasteiger charge is 2.31. The van der Waals surface area contributed by atoms with E-state index in [2.05, 4.69) is 25.7 Å². The van der Waals surface area contributed by atoms with E-state index in [1.165, 1.54) is 36.4 Å². The number of fused-ring (bicyclic) bond motifs is 1. The summed E-state index contributed by atoms with van der Waals surface area (Å²) in [5.41, 5.74) is 0.979. The highest BCUT2D eigenvalue weighted by molar-refractivity contribution is 9.10. The van der Waals surface area contributed by atoms with Gasteiger partial charge in [0.15, 0.2) is 0 Å². The second-order valence-corrected chi connectivity index (χ2v) is 6.40. The lowest BCUT2D eigenvalue weighted by Gasteiger charge is -2.11. The van der Waals surface area contributed by atoms with Gasteiger partial charge in [0.05, 0.1) is 16.8 Å². The van der Waals surface area contributed by atoms with Gasteiger partial charge in [-0.3, -0.25) is 0 Å². The molecule has 0 bridgehead atoms. The molecule has 1 N–H and O–H groups in total. The average molecular weight is 438 g/mol. The summed E-state index contributed by atoms with van der Waals surface area (Å²) in [7, 11) is 0. The van der Waals surface area contributed by atoms with Crippen LogP contribution in [0.1, 0.15) is 21.6 Å². The van der Waals surface area contributed by atoms with Crippen LogP contribution in [0, 0.1) is 0 Å². The van der Waals surface area contributed by atoms with Crippen molar-refractivity contribution >= 4 is 45.0 Å². The molecule has 8 heteroatoms. The van der Waals surface area contributed by atoms with Crippen LogP contribution in [0.4, 0.5) is 13.2 Å². The fraction of sp³-hybridized carbons (Fsp3) is 0.0526. The van der Waals surface area contributed by atoms with Gasteiger partial charge in [-0.1, -0.05) is 34.1 Å². The van der Waals surface area contributed by atoms with Gasteiger partial charge < -0.3 is 9.84 Å². The molecule has 0 saturated heterocycles. The van der Waals surface area contributed by atoms with Crippen LogP contribution in [0.5, 0.6) is 5.75 Å². The molecule has 0 spiro atoms. The number of halogens is 4. The number of aromatic nitrogens is 1. The Morgan fingerprint density at radius 3 is 2.56 bits per heavy atom. The highest BCUT2D eigenvalue weighted by Crippen LogP contribution is 2.28. The second kappa shape index (κ2) is 7.40. The molecule has 138 valence electrons. The maximum Gasteiger partial charge on any atom is 0.573 e. The van der Waals surface area contributed by atoms with E-state index in [0.29, 0.717) is 21.1 Å². The molecule has 3 rings (SSSR count). The number of hydrogen-bond donors (Lipinski definition) is 1. The van der Waals surface area contributed by atoms with Crippen molar-refractivity contribution in [2.75, 3.05) is 0 Å². The predicted molar refractivity (Wildman–Crippen MR) is 98.5 cm³/mol. The Morgan fingerprint density at radius 2 is 1.85 bits per heavy atom. The molecule has 0 fully saturated rings. The molecule has 3 aromatic rings. The Hall–Kier alpha value is -2.87. The zero-order valence-electron chi connectivity index (χ0n) is 13.5. The third-order valence-electron chi connectivity index (χ3n) is 3.60. The SMILES string of the molecule is O=C(O)c1cc(/C=C/c2ccccc2OC(F)(F)F)nc2ccc(Br)cc12. The maximum atomic E-state index is 12.5. The Kier molecular flexibility index (Phi) is 5.18. The van der Waals surface area contributed by atoms with E-state index in [1.807, 2.05) is 0 Å². The van der Waals surface area contributed by atoms with Crippen LogP contribution in [0.3, 0.4) is 0 Å². The second-order valence-electron chi connectivity index (χ2n) is 5.48. The smallest absolute Gasteiger partial charge is 0.478 e. The van der Waals surface area contributed by atoms with Gasteiger partial charge in [-0.15, -0.1) is 13.2 Å². The Balaban J connectivity index is 2.03. The van der Waals surface area contributed by atoms with Crippen LogP contribution in [0.25, 0.3) is 23.1 Å². The molecule has 0 aliphatic carbocycles. The molecule has 0 atom stereocenters. The quantitative estimate of drug-likeness (QED) is 0.563. The largest absolute Gasteiger partial charge is 0.573 e. The normalized spacial score (nSPS) is 11.9. The summed E-state index contributed by atoms with van der Waals surface area (Å²) in [6, 6.07) is 12.0. The fourth-order valence-electron chi connectivity index (χ4n) is 2.49. The molecule has 0 amide bonds. The number of alkyl halides is 3. The summed E-state index contributed by atoms with van der Waals surface area (Å²) in [4.78, 5) is 15.9. The molecule has 1 heterocycles. The topological polar surface area (TPSA) is 59.4 Å². The summed E-state index contributed by atoms with van der Waals surface area (Å²) in [6.07, 6.45) is -1.98. The van der Waals surface area contributed by atoms with Crippen LogP contribution >= 0.6 is 15.9 Å². The van der Waals surface area contributed by atoms with Gasteiger partial charge in [-0.25, -0.2) is 9.78 Å². The third-order valence-corrected chi connectivity index (χ3v) is 4.09. The molecule has 27 heavy (non-hydrogen) atoms. The van der Waals surface area contributed by atoms with Crippen LogP contribution in [-0.4, -0.2) is 22.4 Å². The van der Waals surface area contributed by atoms with Gasteiger partial charge >= 0.3 is 12.3 Å². The number of carboxylic acids is 1. The molecule has 0 unspecified atom stereocenters. The van der Waals surface area contributed by atoms with E-state index >= 15 is 0 Å².